The van der Waals surface area contributed by atoms with Gasteiger partial charge in [-0.05, 0) is 55.3 Å². The first kappa shape index (κ1) is 29.7. The number of rotatable bonds is 11. The lowest BCUT2D eigenvalue weighted by atomic mass is 10.0. The molecular formula is C32H35N3O8. The van der Waals surface area contributed by atoms with Crippen molar-refractivity contribution in [3.05, 3.63) is 48.0 Å². The number of amides is 1. The fourth-order valence-corrected chi connectivity index (χ4v) is 5.15. The molecule has 2 heterocycles. The Kier molecular flexibility index (Phi) is 9.01. The average molecular weight is 590 g/mol. The van der Waals surface area contributed by atoms with Gasteiger partial charge in [-0.25, -0.2) is 9.97 Å². The number of carbonyl (C=O) groups excluding carboxylic acids is 1. The minimum absolute atomic E-state index is 0.0388. The molecule has 43 heavy (non-hydrogen) atoms. The molecule has 1 N–H and O–H groups in total. The van der Waals surface area contributed by atoms with Gasteiger partial charge >= 0.3 is 0 Å². The number of ether oxygens (including phenoxy) is 7. The summed E-state index contributed by atoms with van der Waals surface area (Å²) < 4.78 is 39.2. The summed E-state index contributed by atoms with van der Waals surface area (Å²) in [6.45, 7) is 1.18. The number of hydrogen-bond acceptors (Lipinski definition) is 10. The van der Waals surface area contributed by atoms with E-state index in [-0.39, 0.29) is 12.0 Å². The number of nitrogens with one attached hydrogen (secondary N) is 1. The van der Waals surface area contributed by atoms with E-state index in [1.165, 1.54) is 0 Å². The summed E-state index contributed by atoms with van der Waals surface area (Å²) in [5, 5.41) is 2.97. The SMILES string of the molecule is COc1cc(-c2nc3ccc(C(=O)NC[C@@H]4CCCO4)cc3nc2-c2cc(OC)c(OC)c(OC)c2)cc(OC)c1OC. The Balaban J connectivity index is 1.69. The van der Waals surface area contributed by atoms with E-state index in [0.717, 1.165) is 19.4 Å². The monoisotopic (exact) mass is 589 g/mol. The highest BCUT2D eigenvalue weighted by molar-refractivity contribution is 5.98. The van der Waals surface area contributed by atoms with Crippen LogP contribution in [0.4, 0.5) is 0 Å². The van der Waals surface area contributed by atoms with E-state index in [1.54, 1.807) is 73.0 Å². The van der Waals surface area contributed by atoms with Gasteiger partial charge in [0.1, 0.15) is 0 Å². The van der Waals surface area contributed by atoms with Crippen LogP contribution in [0.15, 0.2) is 42.5 Å². The van der Waals surface area contributed by atoms with E-state index < -0.39 is 0 Å². The molecule has 1 fully saturated rings. The third kappa shape index (κ3) is 5.94. The van der Waals surface area contributed by atoms with Crippen LogP contribution in [0.2, 0.25) is 0 Å². The molecule has 11 heteroatoms. The summed E-state index contributed by atoms with van der Waals surface area (Å²) in [6, 6.07) is 12.5. The number of hydrogen-bond donors (Lipinski definition) is 1. The Morgan fingerprint density at radius 3 is 1.70 bits per heavy atom. The van der Waals surface area contributed by atoms with Gasteiger partial charge < -0.3 is 38.5 Å². The maximum absolute atomic E-state index is 13.0. The van der Waals surface area contributed by atoms with E-state index in [1.807, 2.05) is 12.1 Å². The second-order valence-corrected chi connectivity index (χ2v) is 9.80. The van der Waals surface area contributed by atoms with Crippen molar-refractivity contribution in [2.24, 2.45) is 0 Å². The van der Waals surface area contributed by atoms with Gasteiger partial charge in [0, 0.05) is 29.8 Å². The Morgan fingerprint density at radius 1 is 0.744 bits per heavy atom. The summed E-state index contributed by atoms with van der Waals surface area (Å²) in [5.74, 6) is 2.54. The summed E-state index contributed by atoms with van der Waals surface area (Å²) in [4.78, 5) is 23.1. The van der Waals surface area contributed by atoms with Crippen LogP contribution in [0.25, 0.3) is 33.5 Å². The lowest BCUT2D eigenvalue weighted by Gasteiger charge is -2.18. The van der Waals surface area contributed by atoms with E-state index >= 15 is 0 Å². The van der Waals surface area contributed by atoms with Gasteiger partial charge in [0.2, 0.25) is 11.5 Å². The molecular weight excluding hydrogens is 554 g/mol. The van der Waals surface area contributed by atoms with Crippen LogP contribution in [-0.4, -0.2) is 77.8 Å². The zero-order valence-electron chi connectivity index (χ0n) is 25.1. The molecule has 4 aromatic rings. The van der Waals surface area contributed by atoms with E-state index in [4.69, 9.17) is 43.1 Å². The average Bonchev–Trinajstić information content (AvgIpc) is 3.58. The Hall–Kier alpha value is -4.77. The molecule has 3 aromatic carbocycles. The maximum Gasteiger partial charge on any atom is 0.251 e. The van der Waals surface area contributed by atoms with Crippen molar-refractivity contribution in [2.45, 2.75) is 18.9 Å². The van der Waals surface area contributed by atoms with Gasteiger partial charge in [-0.3, -0.25) is 4.79 Å². The van der Waals surface area contributed by atoms with Gasteiger partial charge in [0.05, 0.1) is 71.2 Å². The minimum atomic E-state index is -0.206. The van der Waals surface area contributed by atoms with Crippen molar-refractivity contribution in [2.75, 3.05) is 55.8 Å². The normalized spacial score (nSPS) is 14.3. The van der Waals surface area contributed by atoms with Gasteiger partial charge in [0.15, 0.2) is 23.0 Å². The van der Waals surface area contributed by atoms with Crippen molar-refractivity contribution in [3.63, 3.8) is 0 Å². The Morgan fingerprint density at radius 2 is 1.26 bits per heavy atom. The zero-order valence-corrected chi connectivity index (χ0v) is 25.1. The van der Waals surface area contributed by atoms with Crippen LogP contribution >= 0.6 is 0 Å². The third-order valence-electron chi connectivity index (χ3n) is 7.32. The number of carbonyl (C=O) groups is 1. The largest absolute Gasteiger partial charge is 0.493 e. The number of methoxy groups -OCH3 is 6. The highest BCUT2D eigenvalue weighted by Crippen LogP contribution is 2.45. The van der Waals surface area contributed by atoms with Crippen LogP contribution in [0.3, 0.4) is 0 Å². The van der Waals surface area contributed by atoms with Crippen molar-refractivity contribution in [1.82, 2.24) is 15.3 Å². The first-order valence-electron chi connectivity index (χ1n) is 13.8. The van der Waals surface area contributed by atoms with Crippen LogP contribution in [0.1, 0.15) is 23.2 Å². The first-order chi connectivity index (χ1) is 20.9. The predicted molar refractivity (Wildman–Crippen MR) is 161 cm³/mol. The standard InChI is InChI=1S/C32H35N3O8/c1-37-24-13-19(14-25(38-2)30(24)41-5)28-29(20-15-26(39-3)31(42-6)27(16-20)40-4)35-23-12-18(9-10-22(23)34-28)32(36)33-17-21-8-7-11-43-21/h9-10,12-16,21H,7-8,11,17H2,1-6H3,(H,33,36)/t21-/m0/s1. The molecule has 5 rings (SSSR count). The third-order valence-corrected chi connectivity index (χ3v) is 7.32. The summed E-state index contributed by atoms with van der Waals surface area (Å²) in [6.07, 6.45) is 1.98. The van der Waals surface area contributed by atoms with E-state index in [2.05, 4.69) is 5.32 Å². The predicted octanol–water partition coefficient (Wildman–Crippen LogP) is 4.92. The number of nitrogens with zero attached hydrogens (tertiary/aromatic N) is 2. The number of aromatic nitrogens is 2. The van der Waals surface area contributed by atoms with Crippen LogP contribution in [0.5, 0.6) is 34.5 Å². The fourth-order valence-electron chi connectivity index (χ4n) is 5.15. The van der Waals surface area contributed by atoms with Gasteiger partial charge in [-0.15, -0.1) is 0 Å². The number of fused-ring (bicyclic) bond motifs is 1. The minimum Gasteiger partial charge on any atom is -0.493 e. The van der Waals surface area contributed by atoms with Crippen LogP contribution in [0, 0.1) is 0 Å². The second-order valence-electron chi connectivity index (χ2n) is 9.80. The highest BCUT2D eigenvalue weighted by atomic mass is 16.5. The first-order valence-corrected chi connectivity index (χ1v) is 13.8. The lowest BCUT2D eigenvalue weighted by molar-refractivity contribution is 0.0858. The molecule has 1 aliphatic rings. The smallest absolute Gasteiger partial charge is 0.251 e. The van der Waals surface area contributed by atoms with Crippen LogP contribution < -0.4 is 33.7 Å². The molecule has 226 valence electrons. The summed E-state index contributed by atoms with van der Waals surface area (Å²) in [7, 11) is 9.30. The molecule has 0 aliphatic carbocycles. The molecule has 1 aromatic heterocycles. The Bertz CT molecular complexity index is 1580. The van der Waals surface area contributed by atoms with Crippen molar-refractivity contribution < 1.29 is 38.0 Å². The molecule has 1 amide bonds. The molecule has 0 bridgehead atoms. The van der Waals surface area contributed by atoms with Gasteiger partial charge in [0.25, 0.3) is 5.91 Å². The lowest BCUT2D eigenvalue weighted by Crippen LogP contribution is -2.31. The second kappa shape index (κ2) is 13.0. The molecule has 1 aliphatic heterocycles. The molecule has 1 atom stereocenters. The zero-order chi connectivity index (χ0) is 30.5. The molecule has 0 radical (unpaired) electrons. The molecule has 11 nitrogen and oxygen atoms in total. The summed E-state index contributed by atoms with van der Waals surface area (Å²) >= 11 is 0. The Labute approximate surface area is 250 Å². The molecule has 0 unspecified atom stereocenters. The highest BCUT2D eigenvalue weighted by Gasteiger charge is 2.23. The van der Waals surface area contributed by atoms with Gasteiger partial charge in [-0.1, -0.05) is 0 Å². The maximum atomic E-state index is 13.0. The quantitative estimate of drug-likeness (QED) is 0.258. The molecule has 0 saturated carbocycles. The number of benzene rings is 3. The fraction of sp³-hybridized carbons (Fsp3) is 0.344. The van der Waals surface area contributed by atoms with Crippen molar-refractivity contribution in [1.29, 1.82) is 0 Å². The van der Waals surface area contributed by atoms with Gasteiger partial charge in [-0.2, -0.15) is 0 Å². The van der Waals surface area contributed by atoms with E-state index in [0.29, 0.717) is 80.2 Å². The van der Waals surface area contributed by atoms with E-state index in [9.17, 15) is 4.79 Å². The van der Waals surface area contributed by atoms with Crippen molar-refractivity contribution >= 4 is 16.9 Å². The van der Waals surface area contributed by atoms with Crippen LogP contribution in [-0.2, 0) is 4.74 Å². The molecule has 0 spiro atoms. The summed E-state index contributed by atoms with van der Waals surface area (Å²) in [5.41, 5.74) is 3.97. The van der Waals surface area contributed by atoms with Crippen molar-refractivity contribution in [3.8, 4) is 57.0 Å². The topological polar surface area (TPSA) is 119 Å². The molecule has 1 saturated heterocycles.